The third-order valence-corrected chi connectivity index (χ3v) is 6.83. The standard InChI is InChI=1S/C25H21BrN4S/c1-17-15-20(10-11-21(17)26)30-24(23(28-25(30)31)22-9-5-6-13-27-22)18-12-14-29(16-18)19-7-3-2-4-8-19/h2-16,23-24H,1H3,(H,28,31). The van der Waals surface area contributed by atoms with Crippen LogP contribution in [0.1, 0.15) is 28.9 Å². The number of aryl methyl sites for hydroxylation is 1. The van der Waals surface area contributed by atoms with Gasteiger partial charge in [-0.3, -0.25) is 4.98 Å². The van der Waals surface area contributed by atoms with E-state index in [0.717, 1.165) is 21.5 Å². The number of thiocarbonyl (C=S) groups is 1. The van der Waals surface area contributed by atoms with E-state index in [1.165, 1.54) is 11.1 Å². The van der Waals surface area contributed by atoms with Crippen LogP contribution in [-0.4, -0.2) is 14.7 Å². The van der Waals surface area contributed by atoms with Crippen molar-refractivity contribution in [3.63, 3.8) is 0 Å². The van der Waals surface area contributed by atoms with E-state index < -0.39 is 0 Å². The highest BCUT2D eigenvalue weighted by molar-refractivity contribution is 9.10. The first kappa shape index (κ1) is 20.0. The first-order valence-electron chi connectivity index (χ1n) is 10.1. The molecule has 2 aromatic heterocycles. The van der Waals surface area contributed by atoms with Crippen molar-refractivity contribution in [2.45, 2.75) is 19.0 Å². The number of pyridine rings is 1. The molecular formula is C25H21BrN4S. The van der Waals surface area contributed by atoms with Crippen LogP contribution >= 0.6 is 28.1 Å². The van der Waals surface area contributed by atoms with Crippen molar-refractivity contribution in [2.75, 3.05) is 4.90 Å². The van der Waals surface area contributed by atoms with Crippen molar-refractivity contribution in [3.8, 4) is 5.69 Å². The highest BCUT2D eigenvalue weighted by atomic mass is 79.9. The number of nitrogens with zero attached hydrogens (tertiary/aromatic N) is 3. The Kier molecular flexibility index (Phi) is 5.34. The SMILES string of the molecule is Cc1cc(N2C(=S)NC(c3ccccn3)C2c2ccn(-c3ccccc3)c2)ccc1Br. The smallest absolute Gasteiger partial charge is 0.174 e. The van der Waals surface area contributed by atoms with Crippen LogP contribution in [0.15, 0.2) is 95.9 Å². The third-order valence-electron chi connectivity index (χ3n) is 5.63. The minimum Gasteiger partial charge on any atom is -0.351 e. The Morgan fingerprint density at radius 1 is 0.968 bits per heavy atom. The monoisotopic (exact) mass is 488 g/mol. The van der Waals surface area contributed by atoms with Crippen LogP contribution in [0.4, 0.5) is 5.69 Å². The van der Waals surface area contributed by atoms with E-state index in [1.807, 2.05) is 24.4 Å². The van der Waals surface area contributed by atoms with Crippen LogP contribution < -0.4 is 10.2 Å². The van der Waals surface area contributed by atoms with Gasteiger partial charge in [0.05, 0.1) is 17.8 Å². The van der Waals surface area contributed by atoms with Crippen molar-refractivity contribution >= 4 is 38.9 Å². The van der Waals surface area contributed by atoms with Crippen molar-refractivity contribution in [1.29, 1.82) is 0 Å². The molecule has 0 saturated carbocycles. The molecule has 4 nitrogen and oxygen atoms in total. The lowest BCUT2D eigenvalue weighted by molar-refractivity contribution is 0.568. The zero-order valence-electron chi connectivity index (χ0n) is 16.9. The van der Waals surface area contributed by atoms with Gasteiger partial charge in [-0.1, -0.05) is 40.2 Å². The van der Waals surface area contributed by atoms with Gasteiger partial charge in [-0.05, 0) is 78.8 Å². The van der Waals surface area contributed by atoms with E-state index in [9.17, 15) is 0 Å². The Bertz CT molecular complexity index is 1220. The third kappa shape index (κ3) is 3.77. The lowest BCUT2D eigenvalue weighted by atomic mass is 9.98. The molecule has 0 radical (unpaired) electrons. The first-order chi connectivity index (χ1) is 15.1. The van der Waals surface area contributed by atoms with Gasteiger partial charge >= 0.3 is 0 Å². The molecule has 0 aliphatic carbocycles. The summed E-state index contributed by atoms with van der Waals surface area (Å²) in [6, 6.07) is 24.8. The highest BCUT2D eigenvalue weighted by Gasteiger charge is 2.41. The zero-order chi connectivity index (χ0) is 21.4. The lowest BCUT2D eigenvalue weighted by Crippen LogP contribution is -2.29. The lowest BCUT2D eigenvalue weighted by Gasteiger charge is -2.27. The van der Waals surface area contributed by atoms with E-state index >= 15 is 0 Å². The van der Waals surface area contributed by atoms with Gasteiger partial charge in [-0.15, -0.1) is 0 Å². The number of halogens is 1. The van der Waals surface area contributed by atoms with Crippen molar-refractivity contribution in [3.05, 3.63) is 113 Å². The largest absolute Gasteiger partial charge is 0.351 e. The summed E-state index contributed by atoms with van der Waals surface area (Å²) in [7, 11) is 0. The molecule has 0 spiro atoms. The van der Waals surface area contributed by atoms with Gasteiger partial charge in [0, 0.05) is 34.4 Å². The molecule has 1 aliphatic heterocycles. The zero-order valence-corrected chi connectivity index (χ0v) is 19.3. The van der Waals surface area contributed by atoms with E-state index in [-0.39, 0.29) is 12.1 Å². The molecule has 3 heterocycles. The van der Waals surface area contributed by atoms with E-state index in [2.05, 4.69) is 110 Å². The molecule has 2 aromatic carbocycles. The topological polar surface area (TPSA) is 33.1 Å². The van der Waals surface area contributed by atoms with Crippen molar-refractivity contribution in [1.82, 2.24) is 14.9 Å². The summed E-state index contributed by atoms with van der Waals surface area (Å²) in [5, 5.41) is 4.23. The van der Waals surface area contributed by atoms with E-state index in [1.54, 1.807) is 0 Å². The number of rotatable bonds is 4. The van der Waals surface area contributed by atoms with Crippen molar-refractivity contribution < 1.29 is 0 Å². The van der Waals surface area contributed by atoms with E-state index in [0.29, 0.717) is 5.11 Å². The van der Waals surface area contributed by atoms with Gasteiger partial charge in [-0.2, -0.15) is 0 Å². The van der Waals surface area contributed by atoms with Crippen LogP contribution in [-0.2, 0) is 0 Å². The number of hydrogen-bond donors (Lipinski definition) is 1. The molecule has 1 fully saturated rings. The molecular weight excluding hydrogens is 468 g/mol. The average molecular weight is 489 g/mol. The fraction of sp³-hybridized carbons (Fsp3) is 0.120. The van der Waals surface area contributed by atoms with Crippen LogP contribution in [0.5, 0.6) is 0 Å². The molecule has 31 heavy (non-hydrogen) atoms. The van der Waals surface area contributed by atoms with Gasteiger partial charge in [0.25, 0.3) is 0 Å². The minimum absolute atomic E-state index is 0.0204. The quantitative estimate of drug-likeness (QED) is 0.350. The van der Waals surface area contributed by atoms with Gasteiger partial charge in [0.1, 0.15) is 0 Å². The maximum atomic E-state index is 5.82. The Labute approximate surface area is 195 Å². The molecule has 4 aromatic rings. The Balaban J connectivity index is 1.61. The Morgan fingerprint density at radius 2 is 1.77 bits per heavy atom. The summed E-state index contributed by atoms with van der Waals surface area (Å²) >= 11 is 9.43. The second-order valence-electron chi connectivity index (χ2n) is 7.62. The van der Waals surface area contributed by atoms with Gasteiger partial charge < -0.3 is 14.8 Å². The number of anilines is 1. The normalized spacial score (nSPS) is 18.3. The summed E-state index contributed by atoms with van der Waals surface area (Å²) in [6.07, 6.45) is 6.12. The number of hydrogen-bond acceptors (Lipinski definition) is 2. The number of benzene rings is 2. The van der Waals surface area contributed by atoms with Crippen molar-refractivity contribution in [2.24, 2.45) is 0 Å². The number of aromatic nitrogens is 2. The Hall–Kier alpha value is -2.96. The van der Waals surface area contributed by atoms with Crippen LogP contribution in [0.2, 0.25) is 0 Å². The predicted octanol–water partition coefficient (Wildman–Crippen LogP) is 6.12. The Morgan fingerprint density at radius 3 is 2.52 bits per heavy atom. The van der Waals surface area contributed by atoms with Crippen LogP contribution in [0, 0.1) is 6.92 Å². The molecule has 0 bridgehead atoms. The molecule has 1 aliphatic rings. The van der Waals surface area contributed by atoms with Gasteiger partial charge in [0.15, 0.2) is 5.11 Å². The molecule has 0 amide bonds. The van der Waals surface area contributed by atoms with Gasteiger partial charge in [0.2, 0.25) is 0 Å². The summed E-state index contributed by atoms with van der Waals surface area (Å²) in [5.74, 6) is 0. The predicted molar refractivity (Wildman–Crippen MR) is 133 cm³/mol. The fourth-order valence-electron chi connectivity index (χ4n) is 4.10. The number of nitrogens with one attached hydrogen (secondary N) is 1. The molecule has 1 saturated heterocycles. The molecule has 1 N–H and O–H groups in total. The first-order valence-corrected chi connectivity index (χ1v) is 11.3. The molecule has 2 unspecified atom stereocenters. The highest BCUT2D eigenvalue weighted by Crippen LogP contribution is 2.42. The minimum atomic E-state index is -0.0516. The number of para-hydroxylation sites is 1. The summed E-state index contributed by atoms with van der Waals surface area (Å²) in [5.41, 5.74) is 5.50. The second kappa shape index (κ2) is 8.29. The van der Waals surface area contributed by atoms with E-state index in [4.69, 9.17) is 12.2 Å². The van der Waals surface area contributed by atoms with Gasteiger partial charge in [-0.25, -0.2) is 0 Å². The summed E-state index contributed by atoms with van der Waals surface area (Å²) in [4.78, 5) is 6.84. The van der Waals surface area contributed by atoms with Crippen LogP contribution in [0.3, 0.4) is 0 Å². The molecule has 5 rings (SSSR count). The molecule has 6 heteroatoms. The summed E-state index contributed by atoms with van der Waals surface area (Å²) < 4.78 is 3.24. The summed E-state index contributed by atoms with van der Waals surface area (Å²) in [6.45, 7) is 2.09. The molecule has 2 atom stereocenters. The molecule has 154 valence electrons. The fourth-order valence-corrected chi connectivity index (χ4v) is 4.69. The average Bonchev–Trinajstić information content (AvgIpc) is 3.41. The van der Waals surface area contributed by atoms with Crippen LogP contribution in [0.25, 0.3) is 5.69 Å². The maximum Gasteiger partial charge on any atom is 0.174 e. The maximum absolute atomic E-state index is 5.82. The second-order valence-corrected chi connectivity index (χ2v) is 8.86.